The number of benzene rings is 1. The van der Waals surface area contributed by atoms with Crippen molar-refractivity contribution >= 4 is 41.7 Å². The molecular formula is C17H28IN3O2S. The number of guanidine groups is 1. The zero-order valence-corrected chi connectivity index (χ0v) is 17.9. The molecule has 0 unspecified atom stereocenters. The molecule has 1 N–H and O–H groups in total. The molecule has 1 aromatic carbocycles. The first-order valence-electron chi connectivity index (χ1n) is 8.11. The van der Waals surface area contributed by atoms with Crippen LogP contribution in [0.2, 0.25) is 0 Å². The maximum atomic E-state index is 5.44. The quantitative estimate of drug-likeness (QED) is 0.275. The Morgan fingerprint density at radius 2 is 2.08 bits per heavy atom. The lowest BCUT2D eigenvalue weighted by atomic mass is 10.2. The first kappa shape index (κ1) is 21.2. The minimum absolute atomic E-state index is 0. The van der Waals surface area contributed by atoms with E-state index in [1.807, 2.05) is 23.9 Å². The van der Waals surface area contributed by atoms with Crippen molar-refractivity contribution < 1.29 is 9.47 Å². The summed E-state index contributed by atoms with van der Waals surface area (Å²) in [5.74, 6) is 3.81. The number of hydrogen-bond acceptors (Lipinski definition) is 4. The molecule has 0 saturated heterocycles. The molecule has 0 aliphatic carbocycles. The van der Waals surface area contributed by atoms with Crippen molar-refractivity contribution in [3.63, 3.8) is 0 Å². The van der Waals surface area contributed by atoms with E-state index in [1.54, 1.807) is 0 Å². The molecule has 1 aromatic rings. The van der Waals surface area contributed by atoms with Gasteiger partial charge in [0.25, 0.3) is 0 Å². The second-order valence-corrected chi connectivity index (χ2v) is 6.46. The van der Waals surface area contributed by atoms with Gasteiger partial charge >= 0.3 is 0 Å². The summed E-state index contributed by atoms with van der Waals surface area (Å²) in [5, 5.41) is 3.36. The fourth-order valence-electron chi connectivity index (χ4n) is 2.40. The highest BCUT2D eigenvalue weighted by molar-refractivity contribution is 14.0. The van der Waals surface area contributed by atoms with Gasteiger partial charge in [-0.3, -0.25) is 4.99 Å². The molecule has 1 heterocycles. The number of unbranched alkanes of at least 4 members (excludes halogenated alkanes) is 1. The van der Waals surface area contributed by atoms with Crippen molar-refractivity contribution in [3.05, 3.63) is 23.8 Å². The van der Waals surface area contributed by atoms with Gasteiger partial charge in [-0.25, -0.2) is 0 Å². The Morgan fingerprint density at radius 1 is 1.29 bits per heavy atom. The summed E-state index contributed by atoms with van der Waals surface area (Å²) in [6.45, 7) is 4.93. The lowest BCUT2D eigenvalue weighted by molar-refractivity contribution is 0.174. The predicted octanol–water partition coefficient (Wildman–Crippen LogP) is 3.57. The van der Waals surface area contributed by atoms with Crippen LogP contribution in [0.15, 0.2) is 23.2 Å². The topological polar surface area (TPSA) is 46.1 Å². The zero-order valence-electron chi connectivity index (χ0n) is 14.7. The van der Waals surface area contributed by atoms with Gasteiger partial charge in [0.2, 0.25) is 6.79 Å². The Kier molecular flexibility index (Phi) is 10.3. The van der Waals surface area contributed by atoms with E-state index in [-0.39, 0.29) is 24.0 Å². The molecule has 1 aliphatic heterocycles. The molecule has 7 heteroatoms. The molecule has 0 aromatic heterocycles. The number of rotatable bonds is 8. The fraction of sp³-hybridized carbons (Fsp3) is 0.588. The average Bonchev–Trinajstić information content (AvgIpc) is 3.01. The van der Waals surface area contributed by atoms with Crippen molar-refractivity contribution in [1.29, 1.82) is 0 Å². The number of nitrogens with one attached hydrogen (secondary N) is 1. The monoisotopic (exact) mass is 465 g/mol. The van der Waals surface area contributed by atoms with Gasteiger partial charge in [0.1, 0.15) is 0 Å². The van der Waals surface area contributed by atoms with E-state index in [1.165, 1.54) is 17.7 Å². The van der Waals surface area contributed by atoms with Crippen LogP contribution in [-0.4, -0.2) is 49.8 Å². The number of ether oxygens (including phenoxy) is 2. The Balaban J connectivity index is 0.00000288. The van der Waals surface area contributed by atoms with Gasteiger partial charge in [-0.1, -0.05) is 6.07 Å². The average molecular weight is 465 g/mol. The minimum Gasteiger partial charge on any atom is -0.454 e. The van der Waals surface area contributed by atoms with Gasteiger partial charge in [0.05, 0.1) is 0 Å². The summed E-state index contributed by atoms with van der Waals surface area (Å²) in [5.41, 5.74) is 1.18. The Hall–Kier alpha value is -0.830. The maximum absolute atomic E-state index is 5.44. The summed E-state index contributed by atoms with van der Waals surface area (Å²) in [7, 11) is 2.06. The van der Waals surface area contributed by atoms with E-state index < -0.39 is 0 Å². The molecule has 0 atom stereocenters. The molecule has 0 fully saturated rings. The van der Waals surface area contributed by atoms with E-state index in [4.69, 9.17) is 14.5 Å². The van der Waals surface area contributed by atoms with Crippen LogP contribution in [0.5, 0.6) is 11.5 Å². The summed E-state index contributed by atoms with van der Waals surface area (Å²) in [4.78, 5) is 6.87. The minimum atomic E-state index is 0. The van der Waals surface area contributed by atoms with Crippen LogP contribution in [-0.2, 0) is 6.54 Å². The van der Waals surface area contributed by atoms with E-state index in [0.717, 1.165) is 43.5 Å². The first-order valence-corrected chi connectivity index (χ1v) is 9.51. The van der Waals surface area contributed by atoms with Crippen molar-refractivity contribution in [2.24, 2.45) is 4.99 Å². The highest BCUT2D eigenvalue weighted by Gasteiger charge is 2.14. The summed E-state index contributed by atoms with van der Waals surface area (Å²) in [6, 6.07) is 6.09. The second kappa shape index (κ2) is 11.7. The SMILES string of the molecule is CCNC(=NCCCCSC)N(C)Cc1ccc2c(c1)OCO2.I. The van der Waals surface area contributed by atoms with Gasteiger partial charge in [-0.2, -0.15) is 11.8 Å². The van der Waals surface area contributed by atoms with Crippen molar-refractivity contribution in [1.82, 2.24) is 10.2 Å². The Bertz CT molecular complexity index is 529. The van der Waals surface area contributed by atoms with Crippen molar-refractivity contribution in [2.75, 3.05) is 38.9 Å². The third kappa shape index (κ3) is 6.58. The van der Waals surface area contributed by atoms with E-state index in [0.29, 0.717) is 6.79 Å². The number of nitrogens with zero attached hydrogens (tertiary/aromatic N) is 2. The van der Waals surface area contributed by atoms with Crippen LogP contribution in [0.3, 0.4) is 0 Å². The van der Waals surface area contributed by atoms with Gasteiger partial charge < -0.3 is 19.7 Å². The number of hydrogen-bond donors (Lipinski definition) is 1. The zero-order chi connectivity index (χ0) is 16.5. The second-order valence-electron chi connectivity index (χ2n) is 5.48. The maximum Gasteiger partial charge on any atom is 0.231 e. The van der Waals surface area contributed by atoms with E-state index >= 15 is 0 Å². The molecule has 1 aliphatic rings. The number of fused-ring (bicyclic) bond motifs is 1. The van der Waals surface area contributed by atoms with Crippen LogP contribution in [0.4, 0.5) is 0 Å². The molecule has 24 heavy (non-hydrogen) atoms. The Labute approximate surface area is 166 Å². The molecule has 0 amide bonds. The van der Waals surface area contributed by atoms with Gasteiger partial charge in [-0.05, 0) is 49.5 Å². The smallest absolute Gasteiger partial charge is 0.231 e. The van der Waals surface area contributed by atoms with E-state index in [9.17, 15) is 0 Å². The molecule has 136 valence electrons. The molecular weight excluding hydrogens is 437 g/mol. The van der Waals surface area contributed by atoms with Crippen LogP contribution in [0, 0.1) is 0 Å². The lowest BCUT2D eigenvalue weighted by Crippen LogP contribution is -2.38. The van der Waals surface area contributed by atoms with Gasteiger partial charge in [0.15, 0.2) is 17.5 Å². The lowest BCUT2D eigenvalue weighted by Gasteiger charge is -2.22. The van der Waals surface area contributed by atoms with Gasteiger partial charge in [0, 0.05) is 26.7 Å². The Morgan fingerprint density at radius 3 is 2.83 bits per heavy atom. The third-order valence-electron chi connectivity index (χ3n) is 3.57. The highest BCUT2D eigenvalue weighted by Crippen LogP contribution is 2.32. The summed E-state index contributed by atoms with van der Waals surface area (Å²) < 4.78 is 10.8. The standard InChI is InChI=1S/C17H27N3O2S.HI/c1-4-18-17(19-9-5-6-10-23-3)20(2)12-14-7-8-15-16(11-14)22-13-21-15;/h7-8,11H,4-6,9-10,12-13H2,1-3H3,(H,18,19);1H. The summed E-state index contributed by atoms with van der Waals surface area (Å²) >= 11 is 1.89. The summed E-state index contributed by atoms with van der Waals surface area (Å²) in [6.07, 6.45) is 4.50. The largest absolute Gasteiger partial charge is 0.454 e. The van der Waals surface area contributed by atoms with Crippen molar-refractivity contribution in [2.45, 2.75) is 26.3 Å². The number of halogens is 1. The number of thioether (sulfide) groups is 1. The fourth-order valence-corrected chi connectivity index (χ4v) is 2.89. The van der Waals surface area contributed by atoms with E-state index in [2.05, 4.69) is 36.5 Å². The first-order chi connectivity index (χ1) is 11.2. The molecule has 0 saturated carbocycles. The van der Waals surface area contributed by atoms with Crippen molar-refractivity contribution in [3.8, 4) is 11.5 Å². The number of aliphatic imine (C=N–C) groups is 1. The normalized spacial score (nSPS) is 12.7. The van der Waals surface area contributed by atoms with Crippen LogP contribution in [0.25, 0.3) is 0 Å². The molecule has 0 bridgehead atoms. The van der Waals surface area contributed by atoms with Crippen LogP contribution >= 0.6 is 35.7 Å². The molecule has 5 nitrogen and oxygen atoms in total. The van der Waals surface area contributed by atoms with Crippen LogP contribution < -0.4 is 14.8 Å². The third-order valence-corrected chi connectivity index (χ3v) is 4.27. The van der Waals surface area contributed by atoms with Crippen LogP contribution in [0.1, 0.15) is 25.3 Å². The molecule has 0 spiro atoms. The highest BCUT2D eigenvalue weighted by atomic mass is 127. The molecule has 0 radical (unpaired) electrons. The van der Waals surface area contributed by atoms with Gasteiger partial charge in [-0.15, -0.1) is 24.0 Å². The predicted molar refractivity (Wildman–Crippen MR) is 113 cm³/mol. The molecule has 2 rings (SSSR count).